The summed E-state index contributed by atoms with van der Waals surface area (Å²) < 4.78 is 1.61. The summed E-state index contributed by atoms with van der Waals surface area (Å²) in [7, 11) is 1.78. The van der Waals surface area contributed by atoms with Crippen molar-refractivity contribution < 1.29 is 9.59 Å². The molecule has 2 aromatic rings. The van der Waals surface area contributed by atoms with Crippen molar-refractivity contribution in [1.82, 2.24) is 20.0 Å². The molecule has 1 N–H and O–H groups in total. The van der Waals surface area contributed by atoms with E-state index < -0.39 is 0 Å². The lowest BCUT2D eigenvalue weighted by Crippen LogP contribution is -2.30. The van der Waals surface area contributed by atoms with Crippen molar-refractivity contribution in [3.63, 3.8) is 0 Å². The first kappa shape index (κ1) is 20.7. The van der Waals surface area contributed by atoms with E-state index in [1.807, 2.05) is 44.2 Å². The smallest absolute Gasteiger partial charge is 0.269 e. The van der Waals surface area contributed by atoms with Crippen molar-refractivity contribution in [1.29, 1.82) is 0 Å². The Hall–Kier alpha value is -2.63. The lowest BCUT2D eigenvalue weighted by atomic mass is 9.92. The van der Waals surface area contributed by atoms with Crippen LogP contribution >= 0.6 is 0 Å². The molecular weight excluding hydrogens is 340 g/mol. The van der Waals surface area contributed by atoms with Gasteiger partial charge in [0.25, 0.3) is 11.8 Å². The van der Waals surface area contributed by atoms with E-state index >= 15 is 0 Å². The number of carbonyl (C=O) groups is 2. The number of amides is 2. The van der Waals surface area contributed by atoms with Gasteiger partial charge in [-0.15, -0.1) is 0 Å². The molecule has 0 unspecified atom stereocenters. The van der Waals surface area contributed by atoms with Crippen molar-refractivity contribution in [3.8, 4) is 0 Å². The summed E-state index contributed by atoms with van der Waals surface area (Å²) in [5.41, 5.74) is 2.92. The largest absolute Gasteiger partial charge is 0.347 e. The minimum Gasteiger partial charge on any atom is -0.347 e. The van der Waals surface area contributed by atoms with Crippen LogP contribution < -0.4 is 5.32 Å². The molecule has 0 aliphatic heterocycles. The number of nitrogens with one attached hydrogen (secondary N) is 1. The number of rotatable bonds is 6. The van der Waals surface area contributed by atoms with Crippen LogP contribution in [0.2, 0.25) is 0 Å². The van der Waals surface area contributed by atoms with Crippen LogP contribution in [0.15, 0.2) is 30.3 Å². The summed E-state index contributed by atoms with van der Waals surface area (Å²) in [4.78, 5) is 26.6. The van der Waals surface area contributed by atoms with Crippen molar-refractivity contribution >= 4 is 11.8 Å². The predicted octanol–water partition coefficient (Wildman–Crippen LogP) is 3.13. The van der Waals surface area contributed by atoms with Crippen molar-refractivity contribution in [2.45, 2.75) is 46.6 Å². The van der Waals surface area contributed by atoms with Gasteiger partial charge in [0.2, 0.25) is 0 Å². The minimum atomic E-state index is -0.163. The standard InChI is InChI=1S/C21H30N4O2/c1-7-25(8-2)20(27)16-11-9-15(10-12-16)14-22-19(26)17-13-18(21(3,4)5)23-24(17)6/h9-13H,7-8,14H2,1-6H3,(H,22,26). The molecular formula is C21H30N4O2. The molecule has 146 valence electrons. The highest BCUT2D eigenvalue weighted by molar-refractivity contribution is 5.94. The number of nitrogens with zero attached hydrogens (tertiary/aromatic N) is 3. The number of aromatic nitrogens is 2. The van der Waals surface area contributed by atoms with E-state index in [9.17, 15) is 9.59 Å². The molecule has 0 aliphatic rings. The quantitative estimate of drug-likeness (QED) is 0.849. The Bertz CT molecular complexity index is 797. The first-order chi connectivity index (χ1) is 12.7. The van der Waals surface area contributed by atoms with E-state index in [1.165, 1.54) is 0 Å². The SMILES string of the molecule is CCN(CC)C(=O)c1ccc(CNC(=O)c2cc(C(C)(C)C)nn2C)cc1. The zero-order chi connectivity index (χ0) is 20.2. The maximum Gasteiger partial charge on any atom is 0.269 e. The summed E-state index contributed by atoms with van der Waals surface area (Å²) in [5, 5.41) is 7.35. The molecule has 0 fully saturated rings. The van der Waals surface area contributed by atoms with Crippen molar-refractivity contribution in [2.75, 3.05) is 13.1 Å². The molecule has 0 bridgehead atoms. The van der Waals surface area contributed by atoms with Crippen molar-refractivity contribution in [3.05, 3.63) is 52.8 Å². The number of carbonyl (C=O) groups excluding carboxylic acids is 2. The Morgan fingerprint density at radius 3 is 2.19 bits per heavy atom. The second-order valence-electron chi connectivity index (χ2n) is 7.65. The number of benzene rings is 1. The highest BCUT2D eigenvalue weighted by Crippen LogP contribution is 2.21. The van der Waals surface area contributed by atoms with Crippen LogP contribution in [0, 0.1) is 0 Å². The second kappa shape index (κ2) is 8.37. The molecule has 0 aliphatic carbocycles. The van der Waals surface area contributed by atoms with Crippen LogP contribution in [0.25, 0.3) is 0 Å². The molecule has 0 atom stereocenters. The predicted molar refractivity (Wildman–Crippen MR) is 107 cm³/mol. The van der Waals surface area contributed by atoms with Crippen LogP contribution in [0.5, 0.6) is 0 Å². The molecule has 0 radical (unpaired) electrons. The van der Waals surface area contributed by atoms with E-state index in [0.717, 1.165) is 11.3 Å². The number of hydrogen-bond donors (Lipinski definition) is 1. The van der Waals surface area contributed by atoms with Gasteiger partial charge >= 0.3 is 0 Å². The van der Waals surface area contributed by atoms with Crippen LogP contribution in [-0.2, 0) is 19.0 Å². The highest BCUT2D eigenvalue weighted by atomic mass is 16.2. The Morgan fingerprint density at radius 1 is 1.11 bits per heavy atom. The first-order valence-electron chi connectivity index (χ1n) is 9.38. The van der Waals surface area contributed by atoms with Gasteiger partial charge in [0.05, 0.1) is 5.69 Å². The van der Waals surface area contributed by atoms with Gasteiger partial charge in [0.1, 0.15) is 5.69 Å². The monoisotopic (exact) mass is 370 g/mol. The zero-order valence-electron chi connectivity index (χ0n) is 17.2. The van der Waals surface area contributed by atoms with Crippen molar-refractivity contribution in [2.24, 2.45) is 7.05 Å². The molecule has 1 aromatic heterocycles. The fraction of sp³-hybridized carbons (Fsp3) is 0.476. The zero-order valence-corrected chi connectivity index (χ0v) is 17.2. The Morgan fingerprint density at radius 2 is 1.70 bits per heavy atom. The van der Waals surface area contributed by atoms with Crippen LogP contribution in [0.3, 0.4) is 0 Å². The third kappa shape index (κ3) is 4.96. The highest BCUT2D eigenvalue weighted by Gasteiger charge is 2.21. The third-order valence-electron chi connectivity index (χ3n) is 4.59. The van der Waals surface area contributed by atoms with E-state index in [4.69, 9.17) is 0 Å². The lowest BCUT2D eigenvalue weighted by Gasteiger charge is -2.18. The summed E-state index contributed by atoms with van der Waals surface area (Å²) in [6.45, 7) is 11.9. The van der Waals surface area contributed by atoms with E-state index in [1.54, 1.807) is 16.6 Å². The lowest BCUT2D eigenvalue weighted by molar-refractivity contribution is 0.0772. The Balaban J connectivity index is 2.02. The van der Waals surface area contributed by atoms with E-state index in [0.29, 0.717) is 30.9 Å². The van der Waals surface area contributed by atoms with Crippen LogP contribution in [-0.4, -0.2) is 39.6 Å². The molecule has 0 spiro atoms. The molecule has 1 aromatic carbocycles. The maximum atomic E-state index is 12.5. The minimum absolute atomic E-state index is 0.0279. The number of aryl methyl sites for hydroxylation is 1. The normalized spacial score (nSPS) is 11.3. The molecule has 2 amide bonds. The van der Waals surface area contributed by atoms with E-state index in [2.05, 4.69) is 31.2 Å². The average Bonchev–Trinajstić information content (AvgIpc) is 3.03. The molecule has 0 saturated carbocycles. The molecule has 27 heavy (non-hydrogen) atoms. The Kier molecular flexibility index (Phi) is 6.41. The molecule has 1 heterocycles. The van der Waals surface area contributed by atoms with Gasteiger partial charge in [-0.25, -0.2) is 0 Å². The van der Waals surface area contributed by atoms with Gasteiger partial charge in [-0.05, 0) is 37.6 Å². The number of hydrogen-bond acceptors (Lipinski definition) is 3. The summed E-state index contributed by atoms with van der Waals surface area (Å²) >= 11 is 0. The van der Waals surface area contributed by atoms with E-state index in [-0.39, 0.29) is 17.2 Å². The summed E-state index contributed by atoms with van der Waals surface area (Å²) in [6.07, 6.45) is 0. The summed E-state index contributed by atoms with van der Waals surface area (Å²) in [5.74, 6) is -0.135. The summed E-state index contributed by atoms with van der Waals surface area (Å²) in [6, 6.07) is 9.21. The first-order valence-corrected chi connectivity index (χ1v) is 9.38. The van der Waals surface area contributed by atoms with Crippen LogP contribution in [0.1, 0.15) is 66.7 Å². The Labute approximate surface area is 161 Å². The molecule has 6 nitrogen and oxygen atoms in total. The third-order valence-corrected chi connectivity index (χ3v) is 4.59. The second-order valence-corrected chi connectivity index (χ2v) is 7.65. The average molecular weight is 370 g/mol. The molecule has 0 saturated heterocycles. The van der Waals surface area contributed by atoms with Gasteiger partial charge in [-0.2, -0.15) is 5.10 Å². The maximum absolute atomic E-state index is 12.5. The van der Waals surface area contributed by atoms with Crippen LogP contribution in [0.4, 0.5) is 0 Å². The van der Waals surface area contributed by atoms with Gasteiger partial charge in [0.15, 0.2) is 0 Å². The molecule has 2 rings (SSSR count). The van der Waals surface area contributed by atoms with Gasteiger partial charge in [-0.1, -0.05) is 32.9 Å². The van der Waals surface area contributed by atoms with Gasteiger partial charge in [0, 0.05) is 37.7 Å². The van der Waals surface area contributed by atoms with Gasteiger partial charge < -0.3 is 10.2 Å². The van der Waals surface area contributed by atoms with Gasteiger partial charge in [-0.3, -0.25) is 14.3 Å². The molecule has 6 heteroatoms. The fourth-order valence-corrected chi connectivity index (χ4v) is 2.78. The topological polar surface area (TPSA) is 67.2 Å². The fourth-order valence-electron chi connectivity index (χ4n) is 2.78.